The molecule has 2 fully saturated rings. The van der Waals surface area contributed by atoms with Gasteiger partial charge >= 0.3 is 5.97 Å². The first-order chi connectivity index (χ1) is 12.4. The van der Waals surface area contributed by atoms with Gasteiger partial charge in [0.15, 0.2) is 11.4 Å². The zero-order chi connectivity index (χ0) is 18.1. The van der Waals surface area contributed by atoms with Crippen LogP contribution in [0.2, 0.25) is 0 Å². The van der Waals surface area contributed by atoms with E-state index in [1.54, 1.807) is 6.07 Å². The van der Waals surface area contributed by atoms with Gasteiger partial charge in [0, 0.05) is 11.8 Å². The Hall–Kier alpha value is -2.10. The minimum atomic E-state index is -1.05. The second-order valence-electron chi connectivity index (χ2n) is 8.70. The number of phenolic OH excluding ortho intramolecular Hbond substituents is 1. The summed E-state index contributed by atoms with van der Waals surface area (Å²) in [6.45, 7) is 2.16. The Balaban J connectivity index is 1.56. The molecular formula is C22H24O4. The molecule has 4 nitrogen and oxygen atoms in total. The third kappa shape index (κ3) is 1.90. The Bertz CT molecular complexity index is 841. The SMILES string of the molecule is C[C@]12CC[C@@H]3c4ccc(O)cc4CC[C@H]3[C@@H]1CC(=O)[C@@]21C=CCC(=O)O1. The average Bonchev–Trinajstić information content (AvgIpc) is 2.82. The Labute approximate surface area is 153 Å². The van der Waals surface area contributed by atoms with Crippen LogP contribution in [-0.4, -0.2) is 22.5 Å². The van der Waals surface area contributed by atoms with E-state index in [1.165, 1.54) is 11.1 Å². The summed E-state index contributed by atoms with van der Waals surface area (Å²) in [6, 6.07) is 5.74. The molecule has 0 unspecified atom stereocenters. The van der Waals surface area contributed by atoms with E-state index >= 15 is 0 Å². The van der Waals surface area contributed by atoms with Gasteiger partial charge in [-0.05, 0) is 72.8 Å². The van der Waals surface area contributed by atoms with Crippen molar-refractivity contribution in [2.75, 3.05) is 0 Å². The lowest BCUT2D eigenvalue weighted by Crippen LogP contribution is -2.55. The quantitative estimate of drug-likeness (QED) is 0.572. The zero-order valence-electron chi connectivity index (χ0n) is 15.0. The number of hydrogen-bond donors (Lipinski definition) is 1. The van der Waals surface area contributed by atoms with Crippen LogP contribution in [0, 0.1) is 17.3 Å². The maximum atomic E-state index is 13.1. The zero-order valence-corrected chi connectivity index (χ0v) is 15.0. The van der Waals surface area contributed by atoms with E-state index in [4.69, 9.17) is 4.74 Å². The summed E-state index contributed by atoms with van der Waals surface area (Å²) in [7, 11) is 0. The molecule has 26 heavy (non-hydrogen) atoms. The fourth-order valence-corrected chi connectivity index (χ4v) is 6.43. The van der Waals surface area contributed by atoms with Crippen LogP contribution in [0.25, 0.3) is 0 Å². The lowest BCUT2D eigenvalue weighted by Gasteiger charge is -2.53. The summed E-state index contributed by atoms with van der Waals surface area (Å²) in [5, 5.41) is 9.80. The maximum absolute atomic E-state index is 13.1. The van der Waals surface area contributed by atoms with Crippen LogP contribution < -0.4 is 0 Å². The van der Waals surface area contributed by atoms with Crippen molar-refractivity contribution in [3.63, 3.8) is 0 Å². The Kier molecular flexibility index (Phi) is 3.23. The second kappa shape index (κ2) is 5.21. The largest absolute Gasteiger partial charge is 0.508 e. The number of hydrogen-bond acceptors (Lipinski definition) is 4. The van der Waals surface area contributed by atoms with Gasteiger partial charge in [-0.2, -0.15) is 0 Å². The van der Waals surface area contributed by atoms with Gasteiger partial charge in [-0.15, -0.1) is 0 Å². The number of ketones is 1. The highest BCUT2D eigenvalue weighted by Gasteiger charge is 2.68. The number of ether oxygens (including phenoxy) is 1. The lowest BCUT2D eigenvalue weighted by molar-refractivity contribution is -0.175. The van der Waals surface area contributed by atoms with Crippen LogP contribution in [0.1, 0.15) is 56.1 Å². The number of aryl methyl sites for hydroxylation is 1. The van der Waals surface area contributed by atoms with Gasteiger partial charge in [0.05, 0.1) is 6.42 Å². The lowest BCUT2D eigenvalue weighted by atomic mass is 9.53. The van der Waals surface area contributed by atoms with Crippen molar-refractivity contribution in [3.8, 4) is 5.75 Å². The van der Waals surface area contributed by atoms with Crippen LogP contribution in [-0.2, 0) is 20.7 Å². The van der Waals surface area contributed by atoms with Crippen LogP contribution in [0.15, 0.2) is 30.4 Å². The highest BCUT2D eigenvalue weighted by atomic mass is 16.6. The number of esters is 1. The van der Waals surface area contributed by atoms with Crippen molar-refractivity contribution in [2.45, 2.75) is 57.0 Å². The number of benzene rings is 1. The molecule has 0 saturated heterocycles. The molecule has 4 heteroatoms. The predicted molar refractivity (Wildman–Crippen MR) is 95.7 cm³/mol. The van der Waals surface area contributed by atoms with Gasteiger partial charge in [-0.25, -0.2) is 0 Å². The third-order valence-corrected chi connectivity index (χ3v) is 7.68. The van der Waals surface area contributed by atoms with Crippen molar-refractivity contribution >= 4 is 11.8 Å². The molecule has 4 aliphatic rings. The summed E-state index contributed by atoms with van der Waals surface area (Å²) in [6.07, 6.45) is 8.31. The van der Waals surface area contributed by atoms with Crippen molar-refractivity contribution in [1.82, 2.24) is 0 Å². The highest BCUT2D eigenvalue weighted by Crippen LogP contribution is 2.65. The minimum absolute atomic E-state index is 0.0754. The van der Waals surface area contributed by atoms with Gasteiger partial charge in [0.1, 0.15) is 5.75 Å². The molecule has 2 saturated carbocycles. The van der Waals surface area contributed by atoms with Gasteiger partial charge in [0.25, 0.3) is 0 Å². The monoisotopic (exact) mass is 352 g/mol. The second-order valence-corrected chi connectivity index (χ2v) is 8.70. The maximum Gasteiger partial charge on any atom is 0.310 e. The summed E-state index contributed by atoms with van der Waals surface area (Å²) in [5.41, 5.74) is 1.22. The molecule has 1 spiro atoms. The Morgan fingerprint density at radius 1 is 1.23 bits per heavy atom. The average molecular weight is 352 g/mol. The first-order valence-electron chi connectivity index (χ1n) is 9.69. The molecule has 136 valence electrons. The smallest absolute Gasteiger partial charge is 0.310 e. The minimum Gasteiger partial charge on any atom is -0.508 e. The molecule has 5 rings (SSSR count). The van der Waals surface area contributed by atoms with Crippen molar-refractivity contribution in [3.05, 3.63) is 41.5 Å². The molecule has 1 aromatic rings. The highest BCUT2D eigenvalue weighted by molar-refractivity contribution is 5.96. The molecule has 1 aliphatic heterocycles. The number of phenols is 1. The molecule has 1 heterocycles. The predicted octanol–water partition coefficient (Wildman–Crippen LogP) is 3.67. The molecule has 3 aliphatic carbocycles. The number of carbonyl (C=O) groups excluding carboxylic acids is 2. The number of rotatable bonds is 0. The summed E-state index contributed by atoms with van der Waals surface area (Å²) >= 11 is 0. The molecule has 1 aromatic carbocycles. The van der Waals surface area contributed by atoms with E-state index in [2.05, 4.69) is 13.0 Å². The summed E-state index contributed by atoms with van der Waals surface area (Å²) < 4.78 is 5.78. The summed E-state index contributed by atoms with van der Waals surface area (Å²) in [4.78, 5) is 25.1. The van der Waals surface area contributed by atoms with Crippen molar-refractivity contribution < 1.29 is 19.4 Å². The topological polar surface area (TPSA) is 63.6 Å². The molecule has 5 atom stereocenters. The van der Waals surface area contributed by atoms with Crippen LogP contribution in [0.4, 0.5) is 0 Å². The molecule has 0 amide bonds. The van der Waals surface area contributed by atoms with Gasteiger partial charge in [0.2, 0.25) is 0 Å². The van der Waals surface area contributed by atoms with Crippen LogP contribution >= 0.6 is 0 Å². The van der Waals surface area contributed by atoms with E-state index in [9.17, 15) is 14.7 Å². The van der Waals surface area contributed by atoms with E-state index in [1.807, 2.05) is 18.2 Å². The fraction of sp³-hybridized carbons (Fsp3) is 0.545. The molecule has 0 radical (unpaired) electrons. The van der Waals surface area contributed by atoms with E-state index in [-0.39, 0.29) is 29.5 Å². The van der Waals surface area contributed by atoms with E-state index < -0.39 is 5.60 Å². The molecule has 0 bridgehead atoms. The fourth-order valence-electron chi connectivity index (χ4n) is 6.43. The first kappa shape index (κ1) is 16.1. The molecular weight excluding hydrogens is 328 g/mol. The Morgan fingerprint density at radius 2 is 2.08 bits per heavy atom. The van der Waals surface area contributed by atoms with Gasteiger partial charge in [-0.3, -0.25) is 9.59 Å². The van der Waals surface area contributed by atoms with Gasteiger partial charge in [-0.1, -0.05) is 19.1 Å². The summed E-state index contributed by atoms with van der Waals surface area (Å²) in [5.74, 6) is 1.23. The van der Waals surface area contributed by atoms with Crippen molar-refractivity contribution in [1.29, 1.82) is 0 Å². The normalized spacial score (nSPS) is 40.7. The standard InChI is InChI=1S/C22H24O4/c1-21-10-8-16-15-7-5-14(23)11-13(15)4-6-17(16)18(21)12-19(24)22(21)9-2-3-20(25)26-22/h2,5,7,9,11,16-18,23H,3-4,6,8,10,12H2,1H3/t16-,17-,18+,21+,22+/m1/s1. The van der Waals surface area contributed by atoms with E-state index in [0.717, 1.165) is 25.7 Å². The molecule has 1 N–H and O–H groups in total. The Morgan fingerprint density at radius 3 is 2.88 bits per heavy atom. The van der Waals surface area contributed by atoms with E-state index in [0.29, 0.717) is 24.0 Å². The van der Waals surface area contributed by atoms with Crippen LogP contribution in [0.3, 0.4) is 0 Å². The van der Waals surface area contributed by atoms with Crippen molar-refractivity contribution in [2.24, 2.45) is 17.3 Å². The van der Waals surface area contributed by atoms with Gasteiger partial charge < -0.3 is 9.84 Å². The number of fused-ring (bicyclic) bond motifs is 6. The van der Waals surface area contributed by atoms with Crippen LogP contribution in [0.5, 0.6) is 5.75 Å². The number of carbonyl (C=O) groups is 2. The number of aromatic hydroxyl groups is 1. The first-order valence-corrected chi connectivity index (χ1v) is 9.69. The molecule has 0 aromatic heterocycles. The third-order valence-electron chi connectivity index (χ3n) is 7.68. The number of Topliss-reactive ketones (excluding diaryl/α,β-unsaturated/α-hetero) is 1.